The lowest BCUT2D eigenvalue weighted by atomic mass is 10.2. The topological polar surface area (TPSA) is 33.1 Å². The molecular formula is C7H7Br2NO. The first-order chi connectivity index (χ1) is 5.24. The molecule has 1 aromatic rings. The summed E-state index contributed by atoms with van der Waals surface area (Å²) in [5.74, 6) is 0. The van der Waals surface area contributed by atoms with Crippen molar-refractivity contribution in [2.24, 2.45) is 0 Å². The van der Waals surface area contributed by atoms with E-state index in [0.29, 0.717) is 5.33 Å². The van der Waals surface area contributed by atoms with Crippen LogP contribution in [0, 0.1) is 0 Å². The number of hydrogen-bond donors (Lipinski definition) is 1. The smallest absolute Gasteiger partial charge is 0.0902 e. The van der Waals surface area contributed by atoms with Gasteiger partial charge in [-0.1, -0.05) is 15.9 Å². The van der Waals surface area contributed by atoms with Crippen molar-refractivity contribution in [2.75, 3.05) is 5.33 Å². The normalized spacial score (nSPS) is 13.0. The average Bonchev–Trinajstić information content (AvgIpc) is 2.03. The number of halogens is 2. The van der Waals surface area contributed by atoms with E-state index in [1.807, 2.05) is 6.07 Å². The lowest BCUT2D eigenvalue weighted by Crippen LogP contribution is -1.98. The zero-order valence-electron chi connectivity index (χ0n) is 5.67. The molecule has 1 unspecified atom stereocenters. The number of aromatic nitrogens is 1. The first-order valence-electron chi connectivity index (χ1n) is 3.08. The van der Waals surface area contributed by atoms with Crippen LogP contribution in [0.5, 0.6) is 0 Å². The van der Waals surface area contributed by atoms with E-state index in [4.69, 9.17) is 0 Å². The summed E-state index contributed by atoms with van der Waals surface area (Å²) in [6, 6.07) is 1.85. The van der Waals surface area contributed by atoms with Crippen molar-refractivity contribution in [3.8, 4) is 0 Å². The van der Waals surface area contributed by atoms with Crippen LogP contribution in [-0.4, -0.2) is 15.4 Å². The van der Waals surface area contributed by atoms with Crippen molar-refractivity contribution < 1.29 is 5.11 Å². The van der Waals surface area contributed by atoms with Gasteiger partial charge in [0, 0.05) is 27.8 Å². The second-order valence-corrected chi connectivity index (χ2v) is 3.67. The number of alkyl halides is 1. The Hall–Kier alpha value is 0.0700. The minimum absolute atomic E-state index is 0.472. The summed E-state index contributed by atoms with van der Waals surface area (Å²) in [6.07, 6.45) is 2.86. The third kappa shape index (κ3) is 2.54. The molecule has 4 heteroatoms. The van der Waals surface area contributed by atoms with Gasteiger partial charge in [0.25, 0.3) is 0 Å². The zero-order valence-corrected chi connectivity index (χ0v) is 8.84. The van der Waals surface area contributed by atoms with Gasteiger partial charge in [-0.15, -0.1) is 0 Å². The van der Waals surface area contributed by atoms with Crippen LogP contribution in [0.4, 0.5) is 0 Å². The average molecular weight is 281 g/mol. The fourth-order valence-corrected chi connectivity index (χ4v) is 1.46. The van der Waals surface area contributed by atoms with E-state index in [-0.39, 0.29) is 0 Å². The molecule has 1 rings (SSSR count). The van der Waals surface area contributed by atoms with Crippen LogP contribution in [-0.2, 0) is 0 Å². The van der Waals surface area contributed by atoms with Crippen molar-refractivity contribution in [3.63, 3.8) is 0 Å². The Bertz CT molecular complexity index is 242. The molecular weight excluding hydrogens is 274 g/mol. The van der Waals surface area contributed by atoms with Crippen LogP contribution in [0.2, 0.25) is 0 Å². The third-order valence-electron chi connectivity index (χ3n) is 1.26. The largest absolute Gasteiger partial charge is 0.387 e. The Morgan fingerprint density at radius 1 is 1.55 bits per heavy atom. The SMILES string of the molecule is OC(CBr)c1cncc(Br)c1. The highest BCUT2D eigenvalue weighted by Crippen LogP contribution is 2.17. The summed E-state index contributed by atoms with van der Waals surface area (Å²) in [6.45, 7) is 0. The molecule has 0 saturated carbocycles. The van der Waals surface area contributed by atoms with Gasteiger partial charge >= 0.3 is 0 Å². The van der Waals surface area contributed by atoms with Gasteiger partial charge in [0.1, 0.15) is 0 Å². The zero-order chi connectivity index (χ0) is 8.27. The minimum Gasteiger partial charge on any atom is -0.387 e. The molecule has 0 aliphatic carbocycles. The van der Waals surface area contributed by atoms with Crippen LogP contribution in [0.3, 0.4) is 0 Å². The monoisotopic (exact) mass is 279 g/mol. The van der Waals surface area contributed by atoms with Crippen molar-refractivity contribution in [3.05, 3.63) is 28.5 Å². The summed E-state index contributed by atoms with van der Waals surface area (Å²) in [7, 11) is 0. The van der Waals surface area contributed by atoms with Gasteiger partial charge in [0.15, 0.2) is 0 Å². The van der Waals surface area contributed by atoms with Gasteiger partial charge in [-0.05, 0) is 22.0 Å². The van der Waals surface area contributed by atoms with E-state index in [2.05, 4.69) is 36.8 Å². The van der Waals surface area contributed by atoms with Crippen LogP contribution < -0.4 is 0 Å². The third-order valence-corrected chi connectivity index (χ3v) is 2.30. The molecule has 0 amide bonds. The van der Waals surface area contributed by atoms with Crippen LogP contribution in [0.15, 0.2) is 22.9 Å². The van der Waals surface area contributed by atoms with Gasteiger partial charge in [-0.2, -0.15) is 0 Å². The summed E-state index contributed by atoms with van der Waals surface area (Å²) >= 11 is 6.45. The number of pyridine rings is 1. The lowest BCUT2D eigenvalue weighted by molar-refractivity contribution is 0.205. The van der Waals surface area contributed by atoms with Crippen LogP contribution >= 0.6 is 31.9 Å². The Morgan fingerprint density at radius 2 is 2.27 bits per heavy atom. The maximum atomic E-state index is 9.35. The molecule has 0 saturated heterocycles. The molecule has 0 radical (unpaired) electrons. The van der Waals surface area contributed by atoms with Crippen molar-refractivity contribution in [1.29, 1.82) is 0 Å². The maximum Gasteiger partial charge on any atom is 0.0902 e. The molecule has 0 fully saturated rings. The van der Waals surface area contributed by atoms with Crippen molar-refractivity contribution in [1.82, 2.24) is 4.98 Å². The minimum atomic E-state index is -0.472. The van der Waals surface area contributed by atoms with E-state index < -0.39 is 6.10 Å². The number of nitrogens with zero attached hydrogens (tertiary/aromatic N) is 1. The highest BCUT2D eigenvalue weighted by molar-refractivity contribution is 9.10. The molecule has 0 spiro atoms. The lowest BCUT2D eigenvalue weighted by Gasteiger charge is -2.05. The Labute approximate surface area is 81.9 Å². The molecule has 0 aliphatic heterocycles. The Morgan fingerprint density at radius 3 is 2.82 bits per heavy atom. The second-order valence-electron chi connectivity index (χ2n) is 2.11. The van der Waals surface area contributed by atoms with E-state index in [1.54, 1.807) is 12.4 Å². The van der Waals surface area contributed by atoms with E-state index >= 15 is 0 Å². The molecule has 1 heterocycles. The molecule has 1 aromatic heterocycles. The molecule has 0 aliphatic rings. The van der Waals surface area contributed by atoms with Gasteiger partial charge in [0.2, 0.25) is 0 Å². The molecule has 1 N–H and O–H groups in total. The number of aliphatic hydroxyl groups excluding tert-OH is 1. The summed E-state index contributed by atoms with van der Waals surface area (Å²) in [4.78, 5) is 3.93. The Balaban J connectivity index is 2.86. The summed E-state index contributed by atoms with van der Waals surface area (Å²) in [5, 5.41) is 9.88. The van der Waals surface area contributed by atoms with Gasteiger partial charge in [-0.25, -0.2) is 0 Å². The first-order valence-corrected chi connectivity index (χ1v) is 5.00. The molecule has 11 heavy (non-hydrogen) atoms. The first kappa shape index (κ1) is 9.16. The molecule has 2 nitrogen and oxygen atoms in total. The number of rotatable bonds is 2. The highest BCUT2D eigenvalue weighted by Gasteiger charge is 2.04. The van der Waals surface area contributed by atoms with E-state index in [9.17, 15) is 5.11 Å². The molecule has 0 bridgehead atoms. The standard InChI is InChI=1S/C7H7Br2NO/c8-2-7(11)5-1-6(9)4-10-3-5/h1,3-4,7,11H,2H2. The van der Waals surface area contributed by atoms with Crippen molar-refractivity contribution in [2.45, 2.75) is 6.10 Å². The number of aliphatic hydroxyl groups is 1. The van der Waals surface area contributed by atoms with E-state index in [1.165, 1.54) is 0 Å². The predicted molar refractivity (Wildman–Crippen MR) is 50.7 cm³/mol. The van der Waals surface area contributed by atoms with E-state index in [0.717, 1.165) is 10.0 Å². The molecule has 0 aromatic carbocycles. The number of hydrogen-bond acceptors (Lipinski definition) is 2. The second kappa shape index (κ2) is 4.18. The van der Waals surface area contributed by atoms with Gasteiger partial charge < -0.3 is 5.11 Å². The Kier molecular flexibility index (Phi) is 3.48. The van der Waals surface area contributed by atoms with Crippen LogP contribution in [0.25, 0.3) is 0 Å². The van der Waals surface area contributed by atoms with Gasteiger partial charge in [0.05, 0.1) is 6.10 Å². The fourth-order valence-electron chi connectivity index (χ4n) is 0.700. The summed E-state index contributed by atoms with van der Waals surface area (Å²) < 4.78 is 0.884. The molecule has 60 valence electrons. The highest BCUT2D eigenvalue weighted by atomic mass is 79.9. The van der Waals surface area contributed by atoms with Crippen LogP contribution in [0.1, 0.15) is 11.7 Å². The quantitative estimate of drug-likeness (QED) is 0.843. The van der Waals surface area contributed by atoms with Gasteiger partial charge in [-0.3, -0.25) is 4.98 Å². The molecule has 1 atom stereocenters. The maximum absolute atomic E-state index is 9.35. The predicted octanol–water partition coefficient (Wildman–Crippen LogP) is 2.27. The summed E-state index contributed by atoms with van der Waals surface area (Å²) in [5.41, 5.74) is 0.816. The fraction of sp³-hybridized carbons (Fsp3) is 0.286. The van der Waals surface area contributed by atoms with Crippen molar-refractivity contribution >= 4 is 31.9 Å².